The lowest BCUT2D eigenvalue weighted by Crippen LogP contribution is -2.47. The molecule has 2 amide bonds. The van der Waals surface area contributed by atoms with Crippen LogP contribution in [0.3, 0.4) is 0 Å². The molecule has 0 saturated heterocycles. The first-order valence-corrected chi connectivity index (χ1v) is 13.2. The topological polar surface area (TPSA) is 96.0 Å². The van der Waals surface area contributed by atoms with Crippen LogP contribution in [0, 0.1) is 0 Å². The predicted octanol–water partition coefficient (Wildman–Crippen LogP) is 3.45. The number of benzene rings is 2. The van der Waals surface area contributed by atoms with Crippen LogP contribution < -0.4 is 14.4 Å². The van der Waals surface area contributed by atoms with Crippen molar-refractivity contribution in [1.29, 1.82) is 0 Å². The average Bonchev–Trinajstić information content (AvgIpc) is 2.80. The van der Waals surface area contributed by atoms with E-state index >= 15 is 0 Å². The summed E-state index contributed by atoms with van der Waals surface area (Å²) in [4.78, 5) is 27.1. The Morgan fingerprint density at radius 1 is 1.09 bits per heavy atom. The number of ether oxygens (including phenoxy) is 1. The molecule has 0 aromatic heterocycles. The molecule has 2 rings (SSSR count). The fourth-order valence-electron chi connectivity index (χ4n) is 3.44. The lowest BCUT2D eigenvalue weighted by atomic mass is 10.1. The molecule has 0 heterocycles. The molecule has 1 atom stereocenters. The Kier molecular flexibility index (Phi) is 10.2. The minimum absolute atomic E-state index is 0.0828. The summed E-state index contributed by atoms with van der Waals surface area (Å²) in [5, 5.41) is 3.33. The first-order chi connectivity index (χ1) is 16.1. The van der Waals surface area contributed by atoms with Crippen LogP contribution in [0.5, 0.6) is 5.75 Å². The molecule has 0 aliphatic rings. The highest BCUT2D eigenvalue weighted by Crippen LogP contribution is 2.22. The summed E-state index contributed by atoms with van der Waals surface area (Å²) >= 11 is 5.96. The van der Waals surface area contributed by atoms with Gasteiger partial charge in [-0.05, 0) is 62.2 Å². The number of amides is 2. The number of anilines is 1. The number of sulfonamides is 1. The molecule has 0 bridgehead atoms. The summed E-state index contributed by atoms with van der Waals surface area (Å²) in [6.07, 6.45) is 1.50. The molecular weight excluding hydrogens is 478 g/mol. The van der Waals surface area contributed by atoms with Crippen molar-refractivity contribution in [1.82, 2.24) is 10.2 Å². The third-order valence-corrected chi connectivity index (χ3v) is 6.74. The van der Waals surface area contributed by atoms with Gasteiger partial charge >= 0.3 is 0 Å². The third-order valence-electron chi connectivity index (χ3n) is 5.30. The second kappa shape index (κ2) is 12.6. The molecule has 0 saturated carbocycles. The Labute approximate surface area is 206 Å². The standard InChI is InChI=1S/C24H32ClN3O5S/c1-5-26-24(30)18(2)27(17-19-8-10-20(25)11-9-19)23(29)7-6-16-28(34(4,31)32)21-12-14-22(33-3)15-13-21/h8-15,18H,5-7,16-17H2,1-4H3,(H,26,30)/t18-/m0/s1. The highest BCUT2D eigenvalue weighted by Gasteiger charge is 2.26. The molecule has 0 spiro atoms. The molecule has 0 aliphatic carbocycles. The van der Waals surface area contributed by atoms with Crippen molar-refractivity contribution < 1.29 is 22.7 Å². The van der Waals surface area contributed by atoms with Gasteiger partial charge in [-0.15, -0.1) is 0 Å². The third kappa shape index (κ3) is 7.92. The van der Waals surface area contributed by atoms with Gasteiger partial charge in [0.25, 0.3) is 0 Å². The fourth-order valence-corrected chi connectivity index (χ4v) is 4.53. The van der Waals surface area contributed by atoms with Crippen molar-refractivity contribution in [3.63, 3.8) is 0 Å². The summed E-state index contributed by atoms with van der Waals surface area (Å²) in [5.41, 5.74) is 1.33. The van der Waals surface area contributed by atoms with E-state index in [1.807, 2.05) is 19.1 Å². The summed E-state index contributed by atoms with van der Waals surface area (Å²) in [6.45, 7) is 4.31. The highest BCUT2D eigenvalue weighted by atomic mass is 35.5. The van der Waals surface area contributed by atoms with Crippen LogP contribution in [0.15, 0.2) is 48.5 Å². The number of likely N-dealkylation sites (N-methyl/N-ethyl adjacent to an activating group) is 1. The van der Waals surface area contributed by atoms with E-state index in [4.69, 9.17) is 16.3 Å². The van der Waals surface area contributed by atoms with E-state index in [-0.39, 0.29) is 37.7 Å². The van der Waals surface area contributed by atoms with Gasteiger partial charge in [0.1, 0.15) is 11.8 Å². The molecule has 2 aromatic rings. The number of nitrogens with zero attached hydrogens (tertiary/aromatic N) is 2. The summed E-state index contributed by atoms with van der Waals surface area (Å²) in [6, 6.07) is 13.1. The Bertz CT molecular complexity index is 1060. The quantitative estimate of drug-likeness (QED) is 0.472. The van der Waals surface area contributed by atoms with Crippen molar-refractivity contribution in [3.05, 3.63) is 59.1 Å². The first kappa shape index (κ1) is 27.5. The lowest BCUT2D eigenvalue weighted by molar-refractivity contribution is -0.140. The van der Waals surface area contributed by atoms with Crippen LogP contribution in [0.4, 0.5) is 5.69 Å². The summed E-state index contributed by atoms with van der Waals surface area (Å²) in [5.74, 6) is 0.127. The minimum Gasteiger partial charge on any atom is -0.497 e. The maximum absolute atomic E-state index is 13.2. The maximum atomic E-state index is 13.2. The maximum Gasteiger partial charge on any atom is 0.242 e. The fraction of sp³-hybridized carbons (Fsp3) is 0.417. The molecule has 10 heteroatoms. The second-order valence-electron chi connectivity index (χ2n) is 7.86. The number of carbonyl (C=O) groups excluding carboxylic acids is 2. The van der Waals surface area contributed by atoms with Gasteiger partial charge in [0.15, 0.2) is 0 Å². The van der Waals surface area contributed by atoms with Crippen molar-refractivity contribution in [2.45, 2.75) is 39.3 Å². The number of halogens is 1. The second-order valence-corrected chi connectivity index (χ2v) is 10.2. The number of carbonyl (C=O) groups is 2. The normalized spacial score (nSPS) is 12.0. The first-order valence-electron chi connectivity index (χ1n) is 11.0. The van der Waals surface area contributed by atoms with Crippen LogP contribution in [-0.2, 0) is 26.2 Å². The molecule has 8 nitrogen and oxygen atoms in total. The Balaban J connectivity index is 2.13. The van der Waals surface area contributed by atoms with Gasteiger partial charge in [-0.25, -0.2) is 8.42 Å². The molecule has 0 radical (unpaired) electrons. The number of rotatable bonds is 12. The van der Waals surface area contributed by atoms with Gasteiger partial charge in [0, 0.05) is 31.1 Å². The van der Waals surface area contributed by atoms with Crippen molar-refractivity contribution >= 4 is 39.1 Å². The average molecular weight is 510 g/mol. The van der Waals surface area contributed by atoms with Crippen LogP contribution in [0.1, 0.15) is 32.3 Å². The molecule has 0 fully saturated rings. The molecule has 0 aliphatic heterocycles. The number of nitrogens with one attached hydrogen (secondary N) is 1. The Hall–Kier alpha value is -2.78. The number of hydrogen-bond acceptors (Lipinski definition) is 5. The van der Waals surface area contributed by atoms with E-state index in [2.05, 4.69) is 5.32 Å². The zero-order chi connectivity index (χ0) is 25.3. The van der Waals surface area contributed by atoms with E-state index in [1.54, 1.807) is 43.3 Å². The zero-order valence-electron chi connectivity index (χ0n) is 20.0. The van der Waals surface area contributed by atoms with Crippen molar-refractivity contribution in [2.75, 3.05) is 30.8 Å². The SMILES string of the molecule is CCNC(=O)[C@H](C)N(Cc1ccc(Cl)cc1)C(=O)CCCN(c1ccc(OC)cc1)S(C)(=O)=O. The molecule has 34 heavy (non-hydrogen) atoms. The van der Waals surface area contributed by atoms with Gasteiger partial charge in [-0.1, -0.05) is 23.7 Å². The zero-order valence-corrected chi connectivity index (χ0v) is 21.5. The van der Waals surface area contributed by atoms with Gasteiger partial charge in [0.2, 0.25) is 21.8 Å². The molecule has 0 unspecified atom stereocenters. The van der Waals surface area contributed by atoms with E-state index in [0.29, 0.717) is 23.0 Å². The van der Waals surface area contributed by atoms with Gasteiger partial charge < -0.3 is 15.0 Å². The van der Waals surface area contributed by atoms with Crippen molar-refractivity contribution in [2.24, 2.45) is 0 Å². The van der Waals surface area contributed by atoms with Crippen LogP contribution in [0.2, 0.25) is 5.02 Å². The molecule has 186 valence electrons. The predicted molar refractivity (Wildman–Crippen MR) is 135 cm³/mol. The summed E-state index contributed by atoms with van der Waals surface area (Å²) < 4.78 is 31.1. The molecule has 2 aromatic carbocycles. The lowest BCUT2D eigenvalue weighted by Gasteiger charge is -2.29. The van der Waals surface area contributed by atoms with Gasteiger partial charge in [0.05, 0.1) is 19.1 Å². The Morgan fingerprint density at radius 3 is 2.24 bits per heavy atom. The van der Waals surface area contributed by atoms with Crippen LogP contribution in [0.25, 0.3) is 0 Å². The van der Waals surface area contributed by atoms with E-state index in [9.17, 15) is 18.0 Å². The van der Waals surface area contributed by atoms with Crippen molar-refractivity contribution in [3.8, 4) is 5.75 Å². The minimum atomic E-state index is -3.55. The van der Waals surface area contributed by atoms with E-state index < -0.39 is 16.1 Å². The Morgan fingerprint density at radius 2 is 1.71 bits per heavy atom. The number of methoxy groups -OCH3 is 1. The highest BCUT2D eigenvalue weighted by molar-refractivity contribution is 7.92. The van der Waals surface area contributed by atoms with Gasteiger partial charge in [-0.2, -0.15) is 0 Å². The molecular formula is C24H32ClN3O5S. The van der Waals surface area contributed by atoms with E-state index in [1.165, 1.54) is 16.3 Å². The van der Waals surface area contributed by atoms with Crippen LogP contribution >= 0.6 is 11.6 Å². The molecule has 1 N–H and O–H groups in total. The summed E-state index contributed by atoms with van der Waals surface area (Å²) in [7, 11) is -2.02. The van der Waals surface area contributed by atoms with Crippen LogP contribution in [-0.4, -0.2) is 57.6 Å². The monoisotopic (exact) mass is 509 g/mol. The van der Waals surface area contributed by atoms with E-state index in [0.717, 1.165) is 11.8 Å². The van der Waals surface area contributed by atoms with Gasteiger partial charge in [-0.3, -0.25) is 13.9 Å². The number of hydrogen-bond donors (Lipinski definition) is 1. The smallest absolute Gasteiger partial charge is 0.242 e. The largest absolute Gasteiger partial charge is 0.497 e.